The van der Waals surface area contributed by atoms with Crippen LogP contribution in [0.15, 0.2) is 28.7 Å². The van der Waals surface area contributed by atoms with E-state index in [1.54, 1.807) is 0 Å². The molecule has 2 nitrogen and oxygen atoms in total. The lowest BCUT2D eigenvalue weighted by Crippen LogP contribution is -2.27. The largest absolute Gasteiger partial charge is 0.296 e. The minimum Gasteiger partial charge on any atom is -0.296 e. The standard InChI is InChI=1S/C14H18BrNO/c1-2-11-7-8-16(9-11)10-14(17)12-3-5-13(15)6-4-12/h3-6,11H,2,7-10H2,1H3. The molecule has 1 unspecified atom stereocenters. The third-order valence-corrected chi connectivity index (χ3v) is 4.01. The molecule has 0 radical (unpaired) electrons. The van der Waals surface area contributed by atoms with Crippen LogP contribution in [0.4, 0.5) is 0 Å². The van der Waals surface area contributed by atoms with Gasteiger partial charge in [0, 0.05) is 16.6 Å². The minimum absolute atomic E-state index is 0.231. The van der Waals surface area contributed by atoms with Gasteiger partial charge in [-0.2, -0.15) is 0 Å². The van der Waals surface area contributed by atoms with Crippen LogP contribution in [0.5, 0.6) is 0 Å². The first-order valence-corrected chi connectivity index (χ1v) is 6.99. The highest BCUT2D eigenvalue weighted by Crippen LogP contribution is 2.19. The Bertz CT molecular complexity index is 388. The van der Waals surface area contributed by atoms with E-state index in [2.05, 4.69) is 27.8 Å². The Hall–Kier alpha value is -0.670. The van der Waals surface area contributed by atoms with E-state index in [9.17, 15) is 4.79 Å². The van der Waals surface area contributed by atoms with Crippen LogP contribution in [0.1, 0.15) is 30.1 Å². The van der Waals surface area contributed by atoms with Crippen molar-refractivity contribution in [2.45, 2.75) is 19.8 Å². The summed E-state index contributed by atoms with van der Waals surface area (Å²) in [5.74, 6) is 1.02. The first kappa shape index (κ1) is 12.8. The molecule has 1 aliphatic rings. The summed E-state index contributed by atoms with van der Waals surface area (Å²) in [6.07, 6.45) is 2.47. The molecule has 1 aromatic carbocycles. The van der Waals surface area contributed by atoms with Crippen LogP contribution in [0.2, 0.25) is 0 Å². The van der Waals surface area contributed by atoms with Crippen LogP contribution in [-0.4, -0.2) is 30.3 Å². The number of benzene rings is 1. The molecule has 1 heterocycles. The average Bonchev–Trinajstić information content (AvgIpc) is 2.77. The maximum Gasteiger partial charge on any atom is 0.176 e. The third-order valence-electron chi connectivity index (χ3n) is 3.48. The van der Waals surface area contributed by atoms with E-state index in [1.807, 2.05) is 24.3 Å². The first-order valence-electron chi connectivity index (χ1n) is 6.20. The Morgan fingerprint density at radius 1 is 1.41 bits per heavy atom. The summed E-state index contributed by atoms with van der Waals surface area (Å²) in [5, 5.41) is 0. The SMILES string of the molecule is CCC1CCN(CC(=O)c2ccc(Br)cc2)C1. The van der Waals surface area contributed by atoms with E-state index in [1.165, 1.54) is 12.8 Å². The van der Waals surface area contributed by atoms with Gasteiger partial charge in [-0.15, -0.1) is 0 Å². The molecule has 0 N–H and O–H groups in total. The van der Waals surface area contributed by atoms with Crippen LogP contribution >= 0.6 is 15.9 Å². The molecule has 1 atom stereocenters. The number of nitrogens with zero attached hydrogens (tertiary/aromatic N) is 1. The van der Waals surface area contributed by atoms with Gasteiger partial charge in [0.25, 0.3) is 0 Å². The quantitative estimate of drug-likeness (QED) is 0.794. The van der Waals surface area contributed by atoms with Gasteiger partial charge in [0.1, 0.15) is 0 Å². The van der Waals surface area contributed by atoms with Crippen LogP contribution in [0.3, 0.4) is 0 Å². The summed E-state index contributed by atoms with van der Waals surface area (Å²) < 4.78 is 1.02. The molecule has 0 spiro atoms. The minimum atomic E-state index is 0.231. The van der Waals surface area contributed by atoms with Crippen LogP contribution in [-0.2, 0) is 0 Å². The monoisotopic (exact) mass is 295 g/mol. The lowest BCUT2D eigenvalue weighted by molar-refractivity contribution is 0.0943. The van der Waals surface area contributed by atoms with Gasteiger partial charge in [-0.3, -0.25) is 9.69 Å². The van der Waals surface area contributed by atoms with Gasteiger partial charge >= 0.3 is 0 Å². The summed E-state index contributed by atoms with van der Waals surface area (Å²) >= 11 is 3.38. The number of likely N-dealkylation sites (tertiary alicyclic amines) is 1. The molecule has 0 bridgehead atoms. The molecule has 1 saturated heterocycles. The lowest BCUT2D eigenvalue weighted by Gasteiger charge is -2.14. The fourth-order valence-corrected chi connectivity index (χ4v) is 2.58. The van der Waals surface area contributed by atoms with Gasteiger partial charge in [0.05, 0.1) is 6.54 Å². The van der Waals surface area contributed by atoms with Crippen molar-refractivity contribution < 1.29 is 4.79 Å². The van der Waals surface area contributed by atoms with Crippen molar-refractivity contribution in [1.82, 2.24) is 4.90 Å². The maximum atomic E-state index is 12.0. The van der Waals surface area contributed by atoms with E-state index in [-0.39, 0.29) is 5.78 Å². The van der Waals surface area contributed by atoms with Crippen LogP contribution in [0.25, 0.3) is 0 Å². The number of rotatable bonds is 4. The normalized spacial score (nSPS) is 20.7. The van der Waals surface area contributed by atoms with Crippen molar-refractivity contribution in [3.63, 3.8) is 0 Å². The highest BCUT2D eigenvalue weighted by Gasteiger charge is 2.22. The highest BCUT2D eigenvalue weighted by molar-refractivity contribution is 9.10. The van der Waals surface area contributed by atoms with Gasteiger partial charge in [-0.1, -0.05) is 41.4 Å². The predicted octanol–water partition coefficient (Wildman–Crippen LogP) is 3.36. The van der Waals surface area contributed by atoms with E-state index in [0.717, 1.165) is 29.0 Å². The molecule has 0 aromatic heterocycles. The summed E-state index contributed by atoms with van der Waals surface area (Å²) in [7, 11) is 0. The van der Waals surface area contributed by atoms with E-state index < -0.39 is 0 Å². The lowest BCUT2D eigenvalue weighted by atomic mass is 10.1. The number of hydrogen-bond donors (Lipinski definition) is 0. The van der Waals surface area contributed by atoms with Crippen molar-refractivity contribution >= 4 is 21.7 Å². The zero-order valence-electron chi connectivity index (χ0n) is 10.2. The smallest absolute Gasteiger partial charge is 0.176 e. The Morgan fingerprint density at radius 3 is 2.71 bits per heavy atom. The van der Waals surface area contributed by atoms with Gasteiger partial charge in [-0.05, 0) is 31.0 Å². The van der Waals surface area contributed by atoms with Gasteiger partial charge < -0.3 is 0 Å². The molecule has 0 aliphatic carbocycles. The summed E-state index contributed by atoms with van der Waals surface area (Å²) in [6.45, 7) is 4.95. The number of halogens is 1. The Kier molecular flexibility index (Phi) is 4.35. The Morgan fingerprint density at radius 2 is 2.12 bits per heavy atom. The maximum absolute atomic E-state index is 12.0. The molecular weight excluding hydrogens is 278 g/mol. The zero-order chi connectivity index (χ0) is 12.3. The predicted molar refractivity (Wildman–Crippen MR) is 73.3 cm³/mol. The summed E-state index contributed by atoms with van der Waals surface area (Å²) in [4.78, 5) is 14.3. The molecule has 1 aliphatic heterocycles. The van der Waals surface area contributed by atoms with Crippen molar-refractivity contribution in [3.05, 3.63) is 34.3 Å². The molecule has 2 rings (SSSR count). The number of hydrogen-bond acceptors (Lipinski definition) is 2. The molecule has 1 fully saturated rings. The average molecular weight is 296 g/mol. The van der Waals surface area contributed by atoms with Gasteiger partial charge in [-0.25, -0.2) is 0 Å². The number of Topliss-reactive ketones (excluding diaryl/α,β-unsaturated/α-hetero) is 1. The van der Waals surface area contributed by atoms with Crippen molar-refractivity contribution in [1.29, 1.82) is 0 Å². The van der Waals surface area contributed by atoms with E-state index in [4.69, 9.17) is 0 Å². The molecular formula is C14H18BrNO. The van der Waals surface area contributed by atoms with Crippen molar-refractivity contribution in [3.8, 4) is 0 Å². The molecule has 0 saturated carbocycles. The zero-order valence-corrected chi connectivity index (χ0v) is 11.7. The highest BCUT2D eigenvalue weighted by atomic mass is 79.9. The second kappa shape index (κ2) is 5.78. The van der Waals surface area contributed by atoms with Crippen molar-refractivity contribution in [2.24, 2.45) is 5.92 Å². The molecule has 92 valence electrons. The van der Waals surface area contributed by atoms with E-state index >= 15 is 0 Å². The number of carbonyl (C=O) groups excluding carboxylic acids is 1. The van der Waals surface area contributed by atoms with Crippen LogP contribution < -0.4 is 0 Å². The second-order valence-corrected chi connectivity index (χ2v) is 5.64. The third kappa shape index (κ3) is 3.39. The first-order chi connectivity index (χ1) is 8.19. The summed E-state index contributed by atoms with van der Waals surface area (Å²) in [5.41, 5.74) is 0.813. The second-order valence-electron chi connectivity index (χ2n) is 4.73. The molecule has 1 aromatic rings. The molecule has 0 amide bonds. The van der Waals surface area contributed by atoms with E-state index in [0.29, 0.717) is 6.54 Å². The fourth-order valence-electron chi connectivity index (χ4n) is 2.32. The molecule has 17 heavy (non-hydrogen) atoms. The summed E-state index contributed by atoms with van der Waals surface area (Å²) in [6, 6.07) is 7.62. The van der Waals surface area contributed by atoms with Crippen LogP contribution in [0, 0.1) is 5.92 Å². The molecule has 3 heteroatoms. The number of carbonyl (C=O) groups is 1. The topological polar surface area (TPSA) is 20.3 Å². The van der Waals surface area contributed by atoms with Gasteiger partial charge in [0.2, 0.25) is 0 Å². The Balaban J connectivity index is 1.91. The van der Waals surface area contributed by atoms with Gasteiger partial charge in [0.15, 0.2) is 5.78 Å². The van der Waals surface area contributed by atoms with Crippen molar-refractivity contribution in [2.75, 3.05) is 19.6 Å². The Labute approximate surface area is 111 Å². The number of ketones is 1. The fraction of sp³-hybridized carbons (Fsp3) is 0.500.